The fraction of sp³-hybridized carbons (Fsp3) is 0.769. The van der Waals surface area contributed by atoms with E-state index in [0.29, 0.717) is 12.0 Å². The Morgan fingerprint density at radius 1 is 1.31 bits per heavy atom. The number of nitrogens with one attached hydrogen (secondary N) is 1. The van der Waals surface area contributed by atoms with Crippen molar-refractivity contribution in [3.05, 3.63) is 17.2 Å². The van der Waals surface area contributed by atoms with Gasteiger partial charge in [0.15, 0.2) is 0 Å². The highest BCUT2D eigenvalue weighted by molar-refractivity contribution is 5.16. The summed E-state index contributed by atoms with van der Waals surface area (Å²) in [6.07, 6.45) is 6.94. The Labute approximate surface area is 97.8 Å². The normalized spacial score (nSPS) is 25.9. The van der Waals surface area contributed by atoms with Gasteiger partial charge in [-0.2, -0.15) is 0 Å². The van der Waals surface area contributed by atoms with Gasteiger partial charge >= 0.3 is 0 Å². The van der Waals surface area contributed by atoms with Crippen LogP contribution in [0.15, 0.2) is 0 Å². The summed E-state index contributed by atoms with van der Waals surface area (Å²) < 4.78 is 0. The molecule has 1 aromatic rings. The maximum atomic E-state index is 5.93. The Bertz CT molecular complexity index is 335. The molecule has 0 bridgehead atoms. The van der Waals surface area contributed by atoms with Crippen molar-refractivity contribution in [2.45, 2.75) is 64.3 Å². The third-order valence-corrected chi connectivity index (χ3v) is 3.65. The lowest BCUT2D eigenvalue weighted by Gasteiger charge is -2.24. The molecule has 16 heavy (non-hydrogen) atoms. The van der Waals surface area contributed by atoms with Gasteiger partial charge in [0.1, 0.15) is 5.82 Å². The molecule has 0 amide bonds. The van der Waals surface area contributed by atoms with Gasteiger partial charge in [0.25, 0.3) is 0 Å². The molecule has 1 fully saturated rings. The zero-order chi connectivity index (χ0) is 11.5. The van der Waals surface area contributed by atoms with Gasteiger partial charge in [-0.1, -0.05) is 13.3 Å². The first-order chi connectivity index (χ1) is 7.70. The summed E-state index contributed by atoms with van der Waals surface area (Å²) in [6.45, 7) is 4.34. The maximum Gasteiger partial charge on any atom is 0.109 e. The molecule has 1 saturated carbocycles. The van der Waals surface area contributed by atoms with E-state index >= 15 is 0 Å². The van der Waals surface area contributed by atoms with E-state index in [1.165, 1.54) is 36.5 Å². The number of H-pyrrole nitrogens is 1. The van der Waals surface area contributed by atoms with E-state index in [4.69, 9.17) is 10.7 Å². The highest BCUT2D eigenvalue weighted by Crippen LogP contribution is 2.31. The van der Waals surface area contributed by atoms with Crippen molar-refractivity contribution in [1.29, 1.82) is 0 Å². The van der Waals surface area contributed by atoms with Gasteiger partial charge in [-0.3, -0.25) is 0 Å². The molecule has 0 atom stereocenters. The van der Waals surface area contributed by atoms with Crippen LogP contribution in [0.1, 0.15) is 62.2 Å². The smallest absolute Gasteiger partial charge is 0.109 e. The molecule has 0 radical (unpaired) electrons. The van der Waals surface area contributed by atoms with Crippen LogP contribution in [0, 0.1) is 6.92 Å². The number of nitrogens with zero attached hydrogens (tertiary/aromatic N) is 1. The predicted octanol–water partition coefficient (Wildman–Crippen LogP) is 2.66. The Morgan fingerprint density at radius 3 is 2.62 bits per heavy atom. The van der Waals surface area contributed by atoms with Crippen LogP contribution >= 0.6 is 0 Å². The second-order valence-corrected chi connectivity index (χ2v) is 5.06. The first-order valence-electron chi connectivity index (χ1n) is 6.51. The molecule has 0 saturated heterocycles. The fourth-order valence-electron chi connectivity index (χ4n) is 2.59. The number of nitrogens with two attached hydrogens (primary N) is 1. The van der Waals surface area contributed by atoms with E-state index in [1.807, 2.05) is 0 Å². The summed E-state index contributed by atoms with van der Waals surface area (Å²) in [4.78, 5) is 8.21. The lowest BCUT2D eigenvalue weighted by Crippen LogP contribution is -2.26. The summed E-state index contributed by atoms with van der Waals surface area (Å²) >= 11 is 0. The second-order valence-electron chi connectivity index (χ2n) is 5.06. The molecule has 3 nitrogen and oxygen atoms in total. The number of aromatic nitrogens is 2. The lowest BCUT2D eigenvalue weighted by atomic mass is 9.86. The van der Waals surface area contributed by atoms with Crippen LogP contribution < -0.4 is 5.73 Å². The van der Waals surface area contributed by atoms with Crippen molar-refractivity contribution >= 4 is 0 Å². The van der Waals surface area contributed by atoms with Crippen LogP contribution in [0.5, 0.6) is 0 Å². The highest BCUT2D eigenvalue weighted by atomic mass is 14.9. The zero-order valence-corrected chi connectivity index (χ0v) is 10.4. The minimum absolute atomic E-state index is 0.419. The van der Waals surface area contributed by atoms with E-state index in [1.54, 1.807) is 0 Å². The van der Waals surface area contributed by atoms with E-state index < -0.39 is 0 Å². The Hall–Kier alpha value is -0.830. The molecule has 0 spiro atoms. The van der Waals surface area contributed by atoms with Crippen LogP contribution in [-0.2, 0) is 6.42 Å². The Morgan fingerprint density at radius 2 is 2.00 bits per heavy atom. The van der Waals surface area contributed by atoms with Gasteiger partial charge in [0, 0.05) is 17.7 Å². The predicted molar refractivity (Wildman–Crippen MR) is 66.5 cm³/mol. The molecule has 0 unspecified atom stereocenters. The van der Waals surface area contributed by atoms with Gasteiger partial charge < -0.3 is 10.7 Å². The first-order valence-corrected chi connectivity index (χ1v) is 6.51. The third-order valence-electron chi connectivity index (χ3n) is 3.65. The van der Waals surface area contributed by atoms with Crippen LogP contribution in [-0.4, -0.2) is 16.0 Å². The highest BCUT2D eigenvalue weighted by Gasteiger charge is 2.22. The van der Waals surface area contributed by atoms with Gasteiger partial charge in [-0.25, -0.2) is 4.98 Å². The molecule has 90 valence electrons. The van der Waals surface area contributed by atoms with Gasteiger partial charge in [0.2, 0.25) is 0 Å². The van der Waals surface area contributed by atoms with Crippen molar-refractivity contribution in [2.75, 3.05) is 0 Å². The van der Waals surface area contributed by atoms with E-state index in [0.717, 1.165) is 19.3 Å². The molecular weight excluding hydrogens is 198 g/mol. The standard InChI is InChI=1S/C13H23N3/c1-3-4-12-9(2)15-13(16-12)10-5-7-11(14)8-6-10/h10-11H,3-8,14H2,1-2H3,(H,15,16). The number of aromatic amines is 1. The average molecular weight is 221 g/mol. The second kappa shape index (κ2) is 5.00. The molecule has 1 aliphatic rings. The summed E-state index contributed by atoms with van der Waals surface area (Å²) in [6, 6.07) is 0.419. The number of aryl methyl sites for hydroxylation is 2. The summed E-state index contributed by atoms with van der Waals surface area (Å²) in [5.74, 6) is 1.82. The summed E-state index contributed by atoms with van der Waals surface area (Å²) in [5.41, 5.74) is 8.44. The van der Waals surface area contributed by atoms with Crippen LogP contribution in [0.2, 0.25) is 0 Å². The SMILES string of the molecule is CCCc1nc(C2CCC(N)CC2)[nH]c1C. The van der Waals surface area contributed by atoms with Gasteiger partial charge in [-0.15, -0.1) is 0 Å². The van der Waals surface area contributed by atoms with Crippen LogP contribution in [0.25, 0.3) is 0 Å². The fourth-order valence-corrected chi connectivity index (χ4v) is 2.59. The van der Waals surface area contributed by atoms with Gasteiger partial charge in [0.05, 0.1) is 5.69 Å². The van der Waals surface area contributed by atoms with Crippen molar-refractivity contribution in [2.24, 2.45) is 5.73 Å². The third kappa shape index (κ3) is 2.46. The minimum Gasteiger partial charge on any atom is -0.346 e. The van der Waals surface area contributed by atoms with E-state index in [2.05, 4.69) is 18.8 Å². The van der Waals surface area contributed by atoms with Crippen LogP contribution in [0.4, 0.5) is 0 Å². The molecule has 3 heteroatoms. The lowest BCUT2D eigenvalue weighted by molar-refractivity contribution is 0.386. The molecule has 1 aliphatic carbocycles. The Balaban J connectivity index is 2.06. The van der Waals surface area contributed by atoms with E-state index in [-0.39, 0.29) is 0 Å². The average Bonchev–Trinajstić information content (AvgIpc) is 2.62. The molecule has 1 heterocycles. The minimum atomic E-state index is 0.419. The van der Waals surface area contributed by atoms with Crippen molar-refractivity contribution in [3.8, 4) is 0 Å². The first kappa shape index (κ1) is 11.6. The molecule has 1 aromatic heterocycles. The monoisotopic (exact) mass is 221 g/mol. The molecule has 0 aromatic carbocycles. The molecular formula is C13H23N3. The number of imidazole rings is 1. The van der Waals surface area contributed by atoms with E-state index in [9.17, 15) is 0 Å². The summed E-state index contributed by atoms with van der Waals surface area (Å²) in [5, 5.41) is 0. The maximum absolute atomic E-state index is 5.93. The molecule has 3 N–H and O–H groups in total. The number of rotatable bonds is 3. The van der Waals surface area contributed by atoms with Crippen molar-refractivity contribution in [1.82, 2.24) is 9.97 Å². The van der Waals surface area contributed by atoms with Crippen molar-refractivity contribution in [3.63, 3.8) is 0 Å². The largest absolute Gasteiger partial charge is 0.346 e. The molecule has 0 aliphatic heterocycles. The quantitative estimate of drug-likeness (QED) is 0.824. The topological polar surface area (TPSA) is 54.7 Å². The molecule has 2 rings (SSSR count). The van der Waals surface area contributed by atoms with Gasteiger partial charge in [-0.05, 0) is 39.0 Å². The number of hydrogen-bond acceptors (Lipinski definition) is 2. The van der Waals surface area contributed by atoms with Crippen LogP contribution in [0.3, 0.4) is 0 Å². The zero-order valence-electron chi connectivity index (χ0n) is 10.4. The Kier molecular flexibility index (Phi) is 3.64. The summed E-state index contributed by atoms with van der Waals surface area (Å²) in [7, 11) is 0. The number of hydrogen-bond donors (Lipinski definition) is 2. The van der Waals surface area contributed by atoms with Crippen molar-refractivity contribution < 1.29 is 0 Å².